The van der Waals surface area contributed by atoms with Crippen LogP contribution in [-0.4, -0.2) is 17.8 Å². The molecule has 2 rings (SSSR count). The molecule has 0 radical (unpaired) electrons. The number of rotatable bonds is 3. The highest BCUT2D eigenvalue weighted by molar-refractivity contribution is 6.20. The zero-order valence-electron chi connectivity index (χ0n) is 10.7. The van der Waals surface area contributed by atoms with Crippen LogP contribution in [0.25, 0.3) is 0 Å². The predicted octanol–water partition coefficient (Wildman–Crippen LogP) is 3.09. The first kappa shape index (κ1) is 13.9. The van der Waals surface area contributed by atoms with Crippen LogP contribution in [-0.2, 0) is 0 Å². The van der Waals surface area contributed by atoms with Gasteiger partial charge in [0.15, 0.2) is 0 Å². The molecule has 0 spiro atoms. The highest BCUT2D eigenvalue weighted by atomic mass is 35.5. The number of alkyl halides is 1. The minimum atomic E-state index is -0.0718. The van der Waals surface area contributed by atoms with Crippen molar-refractivity contribution in [1.82, 2.24) is 5.32 Å². The van der Waals surface area contributed by atoms with E-state index in [1.54, 1.807) is 24.3 Å². The first-order valence-corrected chi connectivity index (χ1v) is 7.05. The second kappa shape index (κ2) is 6.58. The Labute approximate surface area is 118 Å². The van der Waals surface area contributed by atoms with E-state index >= 15 is 0 Å². The average molecular weight is 277 g/mol. The largest absolute Gasteiger partial charge is 0.352 e. The van der Waals surface area contributed by atoms with Gasteiger partial charge in [0.1, 0.15) is 0 Å². The van der Waals surface area contributed by atoms with Crippen molar-refractivity contribution in [2.45, 2.75) is 31.1 Å². The fourth-order valence-electron chi connectivity index (χ4n) is 2.36. The second-order valence-corrected chi connectivity index (χ2v) is 5.63. The lowest BCUT2D eigenvalue weighted by Gasteiger charge is -2.25. The molecule has 0 heterocycles. The van der Waals surface area contributed by atoms with Crippen LogP contribution >= 0.6 is 11.6 Å². The van der Waals surface area contributed by atoms with Gasteiger partial charge in [-0.2, -0.15) is 5.26 Å². The predicted molar refractivity (Wildman–Crippen MR) is 75.1 cm³/mol. The third-order valence-electron chi connectivity index (χ3n) is 3.60. The minimum Gasteiger partial charge on any atom is -0.352 e. The smallest absolute Gasteiger partial charge is 0.251 e. The lowest BCUT2D eigenvalue weighted by molar-refractivity contribution is 0.0944. The van der Waals surface area contributed by atoms with E-state index in [0.29, 0.717) is 29.0 Å². The topological polar surface area (TPSA) is 52.9 Å². The molecule has 3 nitrogen and oxygen atoms in total. The van der Waals surface area contributed by atoms with Gasteiger partial charge in [-0.15, -0.1) is 11.6 Å². The molecule has 0 unspecified atom stereocenters. The van der Waals surface area contributed by atoms with Crippen molar-refractivity contribution in [1.29, 1.82) is 5.26 Å². The Bertz CT molecular complexity index is 470. The number of carbonyl (C=O) groups excluding carboxylic acids is 1. The van der Waals surface area contributed by atoms with Gasteiger partial charge in [-0.1, -0.05) is 0 Å². The number of carbonyl (C=O) groups is 1. The van der Waals surface area contributed by atoms with E-state index < -0.39 is 0 Å². The van der Waals surface area contributed by atoms with Crippen LogP contribution in [0.3, 0.4) is 0 Å². The Morgan fingerprint density at radius 1 is 1.26 bits per heavy atom. The van der Waals surface area contributed by atoms with Gasteiger partial charge in [0.2, 0.25) is 0 Å². The molecule has 1 amide bonds. The van der Waals surface area contributed by atoms with E-state index in [4.69, 9.17) is 16.9 Å². The number of amides is 1. The van der Waals surface area contributed by atoms with Gasteiger partial charge >= 0.3 is 0 Å². The number of nitrogens with one attached hydrogen (secondary N) is 1. The molecule has 0 aliphatic heterocycles. The Balaban J connectivity index is 1.82. The zero-order chi connectivity index (χ0) is 13.7. The van der Waals surface area contributed by atoms with E-state index in [0.717, 1.165) is 25.7 Å². The van der Waals surface area contributed by atoms with Crippen LogP contribution in [0.4, 0.5) is 0 Å². The lowest BCUT2D eigenvalue weighted by atomic mass is 9.89. The van der Waals surface area contributed by atoms with Gasteiger partial charge in [-0.3, -0.25) is 4.79 Å². The normalized spacial score (nSPS) is 22.5. The molecule has 1 aliphatic carbocycles. The van der Waals surface area contributed by atoms with Gasteiger partial charge < -0.3 is 5.32 Å². The first-order chi connectivity index (χ1) is 9.19. The van der Waals surface area contributed by atoms with E-state index in [2.05, 4.69) is 5.32 Å². The van der Waals surface area contributed by atoms with Crippen LogP contribution < -0.4 is 5.32 Å². The SMILES string of the molecule is N#Cc1ccc(C(=O)NCC2CCC(Cl)CC2)cc1. The minimum absolute atomic E-state index is 0.0718. The molecular weight excluding hydrogens is 260 g/mol. The van der Waals surface area contributed by atoms with Crippen molar-refractivity contribution in [3.8, 4) is 6.07 Å². The van der Waals surface area contributed by atoms with Crippen molar-refractivity contribution in [2.24, 2.45) is 5.92 Å². The van der Waals surface area contributed by atoms with E-state index in [9.17, 15) is 4.79 Å². The number of hydrogen-bond acceptors (Lipinski definition) is 2. The maximum Gasteiger partial charge on any atom is 0.251 e. The third-order valence-corrected chi connectivity index (χ3v) is 4.04. The number of halogens is 1. The van der Waals surface area contributed by atoms with E-state index in [-0.39, 0.29) is 5.91 Å². The average Bonchev–Trinajstić information content (AvgIpc) is 2.46. The van der Waals surface area contributed by atoms with Gasteiger partial charge in [0, 0.05) is 17.5 Å². The molecule has 19 heavy (non-hydrogen) atoms. The van der Waals surface area contributed by atoms with E-state index in [1.807, 2.05) is 6.07 Å². The molecule has 0 atom stereocenters. The molecule has 1 aromatic carbocycles. The van der Waals surface area contributed by atoms with Crippen molar-refractivity contribution in [2.75, 3.05) is 6.54 Å². The molecule has 1 saturated carbocycles. The maximum atomic E-state index is 11.9. The van der Waals surface area contributed by atoms with Gasteiger partial charge in [-0.05, 0) is 55.9 Å². The molecule has 1 fully saturated rings. The molecule has 0 bridgehead atoms. The summed E-state index contributed by atoms with van der Waals surface area (Å²) in [6.45, 7) is 0.711. The first-order valence-electron chi connectivity index (χ1n) is 6.61. The third kappa shape index (κ3) is 3.97. The molecular formula is C15H17ClN2O. The molecule has 1 N–H and O–H groups in total. The summed E-state index contributed by atoms with van der Waals surface area (Å²) in [6.07, 6.45) is 4.25. The molecule has 1 aromatic rings. The van der Waals surface area contributed by atoms with Gasteiger partial charge in [0.25, 0.3) is 5.91 Å². The van der Waals surface area contributed by atoms with Crippen LogP contribution in [0.5, 0.6) is 0 Å². The Kier molecular flexibility index (Phi) is 4.81. The standard InChI is InChI=1S/C15H17ClN2O/c16-14-7-3-12(4-8-14)10-18-15(19)13-5-1-11(9-17)2-6-13/h1-2,5-6,12,14H,3-4,7-8,10H2,(H,18,19). The number of benzene rings is 1. The zero-order valence-corrected chi connectivity index (χ0v) is 11.5. The van der Waals surface area contributed by atoms with Crippen LogP contribution in [0.2, 0.25) is 0 Å². The van der Waals surface area contributed by atoms with E-state index in [1.165, 1.54) is 0 Å². The van der Waals surface area contributed by atoms with Crippen LogP contribution in [0.1, 0.15) is 41.6 Å². The van der Waals surface area contributed by atoms with Gasteiger partial charge in [0.05, 0.1) is 11.6 Å². The summed E-state index contributed by atoms with van der Waals surface area (Å²) in [5, 5.41) is 12.0. The highest BCUT2D eigenvalue weighted by Gasteiger charge is 2.19. The van der Waals surface area contributed by atoms with Crippen molar-refractivity contribution in [3.05, 3.63) is 35.4 Å². The fourth-order valence-corrected chi connectivity index (χ4v) is 2.61. The summed E-state index contributed by atoms with van der Waals surface area (Å²) in [6, 6.07) is 8.73. The highest BCUT2D eigenvalue weighted by Crippen LogP contribution is 2.26. The molecule has 1 aliphatic rings. The fraction of sp³-hybridized carbons (Fsp3) is 0.467. The summed E-state index contributed by atoms with van der Waals surface area (Å²) in [5.41, 5.74) is 1.17. The molecule has 4 heteroatoms. The van der Waals surface area contributed by atoms with Crippen molar-refractivity contribution >= 4 is 17.5 Å². The number of hydrogen-bond donors (Lipinski definition) is 1. The van der Waals surface area contributed by atoms with Crippen LogP contribution in [0, 0.1) is 17.2 Å². The summed E-state index contributed by atoms with van der Waals surface area (Å²) in [7, 11) is 0. The summed E-state index contributed by atoms with van der Waals surface area (Å²) < 4.78 is 0. The second-order valence-electron chi connectivity index (χ2n) is 5.02. The molecule has 0 aromatic heterocycles. The Hall–Kier alpha value is -1.53. The summed E-state index contributed by atoms with van der Waals surface area (Å²) in [5.74, 6) is 0.467. The number of nitriles is 1. The molecule has 100 valence electrons. The van der Waals surface area contributed by atoms with Crippen molar-refractivity contribution in [3.63, 3.8) is 0 Å². The summed E-state index contributed by atoms with van der Waals surface area (Å²) >= 11 is 6.06. The van der Waals surface area contributed by atoms with Crippen LogP contribution in [0.15, 0.2) is 24.3 Å². The maximum absolute atomic E-state index is 11.9. The summed E-state index contributed by atoms with van der Waals surface area (Å²) in [4.78, 5) is 11.9. The lowest BCUT2D eigenvalue weighted by Crippen LogP contribution is -2.31. The number of nitrogens with zero attached hydrogens (tertiary/aromatic N) is 1. The van der Waals surface area contributed by atoms with Gasteiger partial charge in [-0.25, -0.2) is 0 Å². The Morgan fingerprint density at radius 2 is 1.89 bits per heavy atom. The molecule has 0 saturated heterocycles. The monoisotopic (exact) mass is 276 g/mol. The quantitative estimate of drug-likeness (QED) is 0.863. The Morgan fingerprint density at radius 3 is 2.47 bits per heavy atom. The van der Waals surface area contributed by atoms with Crippen molar-refractivity contribution < 1.29 is 4.79 Å².